The van der Waals surface area contributed by atoms with Gasteiger partial charge < -0.3 is 9.07 Å². The minimum Gasteiger partial charge on any atom is -0.336 e. The van der Waals surface area contributed by atoms with Gasteiger partial charge in [0.05, 0.1) is 0 Å². The zero-order chi connectivity index (χ0) is 11.4. The van der Waals surface area contributed by atoms with Crippen LogP contribution in [0.4, 0.5) is 0 Å². The van der Waals surface area contributed by atoms with E-state index in [0.29, 0.717) is 0 Å². The molecule has 0 heterocycles. The molecule has 2 aromatic carbocycles. The van der Waals surface area contributed by atoms with Crippen LogP contribution in [0.1, 0.15) is 11.1 Å². The fourth-order valence-electron chi connectivity index (χ4n) is 1.60. The molecule has 2 aromatic rings. The van der Waals surface area contributed by atoms with Gasteiger partial charge in [0.1, 0.15) is 0 Å². The van der Waals surface area contributed by atoms with E-state index >= 15 is 0 Å². The zero-order valence-corrected chi connectivity index (χ0v) is 11.2. The van der Waals surface area contributed by atoms with Crippen LogP contribution < -0.4 is 3.69 Å². The Balaban J connectivity index is 2.28. The highest BCUT2D eigenvalue weighted by molar-refractivity contribution is 7.01. The molecule has 0 aromatic heterocycles. The zero-order valence-electron chi connectivity index (χ0n) is 8.99. The Hall–Kier alpha value is -0.764. The van der Waals surface area contributed by atoms with Crippen LogP contribution in [0.15, 0.2) is 61.2 Å². The molecule has 0 saturated heterocycles. The third-order valence-electron chi connectivity index (χ3n) is 2.58. The van der Waals surface area contributed by atoms with Crippen molar-refractivity contribution in [1.82, 2.24) is 0 Å². The maximum atomic E-state index is 5.89. The molecule has 0 atom stereocenters. The molecule has 16 heavy (non-hydrogen) atoms. The molecule has 2 heteroatoms. The van der Waals surface area contributed by atoms with Crippen LogP contribution >= 0.6 is 9.07 Å². The van der Waals surface area contributed by atoms with Crippen molar-refractivity contribution in [2.45, 2.75) is 0 Å². The highest BCUT2D eigenvalue weighted by atomic mass is 35.5. The molecule has 0 fully saturated rings. The summed E-state index contributed by atoms with van der Waals surface area (Å²) in [5.41, 5.74) is 3.39. The van der Waals surface area contributed by atoms with Gasteiger partial charge in [-0.3, -0.25) is 0 Å². The average molecular weight is 239 g/mol. The molecule has 0 radical (unpaired) electrons. The van der Waals surface area contributed by atoms with Gasteiger partial charge in [-0.1, -0.05) is 61.2 Å². The van der Waals surface area contributed by atoms with E-state index in [1.54, 1.807) is 0 Å². The van der Waals surface area contributed by atoms with Gasteiger partial charge in [-0.15, -0.1) is 3.69 Å². The maximum Gasteiger partial charge on any atom is 0.538 e. The number of halogens is 1. The smallest absolute Gasteiger partial charge is 0.336 e. The summed E-state index contributed by atoms with van der Waals surface area (Å²) in [7, 11) is 5.89. The van der Waals surface area contributed by atoms with Crippen LogP contribution in [-0.4, -0.2) is 19.3 Å². The van der Waals surface area contributed by atoms with Crippen molar-refractivity contribution in [1.29, 1.82) is 0 Å². The normalized spacial score (nSPS) is 9.56. The Bertz CT molecular complexity index is 474. The summed E-state index contributed by atoms with van der Waals surface area (Å²) in [5.74, 6) is 0. The molecule has 0 aliphatic rings. The molecule has 0 amide bonds. The van der Waals surface area contributed by atoms with E-state index in [4.69, 9.17) is 9.07 Å². The van der Waals surface area contributed by atoms with Gasteiger partial charge in [0.2, 0.25) is 0 Å². The summed E-state index contributed by atoms with van der Waals surface area (Å²) in [4.78, 5) is 0. The van der Waals surface area contributed by atoms with Gasteiger partial charge in [-0.2, -0.15) is 0 Å². The lowest BCUT2D eigenvalue weighted by Crippen LogP contribution is -2.07. The van der Waals surface area contributed by atoms with Gasteiger partial charge in [-0.25, -0.2) is 0 Å². The van der Waals surface area contributed by atoms with E-state index in [1.165, 1.54) is 9.26 Å². The summed E-state index contributed by atoms with van der Waals surface area (Å²) in [6, 6.07) is 18.6. The summed E-state index contributed by atoms with van der Waals surface area (Å²) in [5, 5.41) is 0. The van der Waals surface area contributed by atoms with E-state index in [2.05, 4.69) is 43.0 Å². The van der Waals surface area contributed by atoms with Gasteiger partial charge in [0.15, 0.2) is 0 Å². The van der Waals surface area contributed by atoms with Crippen molar-refractivity contribution in [3.63, 3.8) is 0 Å². The van der Waals surface area contributed by atoms with Crippen molar-refractivity contribution in [3.8, 4) is 0 Å². The van der Waals surface area contributed by atoms with Gasteiger partial charge >= 0.3 is 19.3 Å². The molecule has 0 bridgehead atoms. The van der Waals surface area contributed by atoms with Crippen molar-refractivity contribution in [2.24, 2.45) is 0 Å². The van der Waals surface area contributed by atoms with Crippen LogP contribution in [0.5, 0.6) is 0 Å². The lowest BCUT2D eigenvalue weighted by Gasteiger charge is -2.06. The van der Waals surface area contributed by atoms with Crippen molar-refractivity contribution < 1.29 is 0 Å². The second kappa shape index (κ2) is 5.53. The Kier molecular flexibility index (Phi) is 4.05. The summed E-state index contributed by atoms with van der Waals surface area (Å²) in [6.45, 7) is 4.13. The molecule has 76 valence electrons. The first-order valence-electron chi connectivity index (χ1n) is 5.21. The molecule has 0 saturated carbocycles. The minimum absolute atomic E-state index is 0.570. The Morgan fingerprint density at radius 3 is 2.00 bits per heavy atom. The quantitative estimate of drug-likeness (QED) is 0.721. The molecule has 0 aliphatic carbocycles. The number of hydrogen-bond donors (Lipinski definition) is 0. The largest absolute Gasteiger partial charge is 0.538 e. The SMILES string of the molecule is C=C(c1ccccc1)c1cc[c]([Mg][Cl])cc1. The van der Waals surface area contributed by atoms with Crippen molar-refractivity contribution in [3.05, 3.63) is 72.3 Å². The first-order valence-corrected chi connectivity index (χ1v) is 8.05. The van der Waals surface area contributed by atoms with Crippen LogP contribution in [0.3, 0.4) is 0 Å². The van der Waals surface area contributed by atoms with Crippen LogP contribution in [-0.2, 0) is 0 Å². The van der Waals surface area contributed by atoms with E-state index in [0.717, 1.165) is 11.1 Å². The average Bonchev–Trinajstić information content (AvgIpc) is 2.39. The predicted octanol–water partition coefficient (Wildman–Crippen LogP) is 3.23. The summed E-state index contributed by atoms with van der Waals surface area (Å²) < 4.78 is 1.27. The Morgan fingerprint density at radius 1 is 0.875 bits per heavy atom. The van der Waals surface area contributed by atoms with E-state index < -0.39 is 19.3 Å². The Labute approximate surface area is 109 Å². The summed E-state index contributed by atoms with van der Waals surface area (Å²) >= 11 is -0.570. The number of hydrogen-bond acceptors (Lipinski definition) is 0. The number of rotatable bonds is 3. The molecular formula is C14H11ClMg. The predicted molar refractivity (Wildman–Crippen MR) is 72.3 cm³/mol. The lowest BCUT2D eigenvalue weighted by atomic mass is 10.00. The molecular weight excluding hydrogens is 228 g/mol. The molecule has 0 aliphatic heterocycles. The fourth-order valence-corrected chi connectivity index (χ4v) is 2.55. The van der Waals surface area contributed by atoms with E-state index in [1.807, 2.05) is 18.2 Å². The lowest BCUT2D eigenvalue weighted by molar-refractivity contribution is 1.57. The highest BCUT2D eigenvalue weighted by Gasteiger charge is 2.02. The third-order valence-corrected chi connectivity index (χ3v) is 4.28. The highest BCUT2D eigenvalue weighted by Crippen LogP contribution is 2.20. The third kappa shape index (κ3) is 2.67. The first-order chi connectivity index (χ1) is 7.81. The standard InChI is InChI=1S/C14H11.ClH.Mg/c1-12(13-8-4-2-5-9-13)14-10-6-3-7-11-14;;/h2,4-11H,1H2;1H;/q;;+1/p-1. The van der Waals surface area contributed by atoms with Gasteiger partial charge in [0, 0.05) is 0 Å². The fraction of sp³-hybridized carbons (Fsp3) is 0. The van der Waals surface area contributed by atoms with Gasteiger partial charge in [0.25, 0.3) is 0 Å². The van der Waals surface area contributed by atoms with Crippen LogP contribution in [0.2, 0.25) is 0 Å². The van der Waals surface area contributed by atoms with Crippen molar-refractivity contribution >= 4 is 37.6 Å². The first kappa shape index (κ1) is 11.7. The van der Waals surface area contributed by atoms with E-state index in [-0.39, 0.29) is 0 Å². The molecule has 2 rings (SSSR count). The van der Waals surface area contributed by atoms with Crippen molar-refractivity contribution in [2.75, 3.05) is 0 Å². The van der Waals surface area contributed by atoms with Crippen LogP contribution in [0.25, 0.3) is 5.57 Å². The summed E-state index contributed by atoms with van der Waals surface area (Å²) in [6.07, 6.45) is 0. The molecule has 0 unspecified atom stereocenters. The van der Waals surface area contributed by atoms with E-state index in [9.17, 15) is 0 Å². The second-order valence-corrected chi connectivity index (χ2v) is 5.56. The maximum absolute atomic E-state index is 5.89. The Morgan fingerprint density at radius 2 is 1.44 bits per heavy atom. The minimum atomic E-state index is -0.570. The molecule has 0 N–H and O–H groups in total. The number of benzene rings is 2. The second-order valence-electron chi connectivity index (χ2n) is 3.68. The topological polar surface area (TPSA) is 0 Å². The molecule has 0 nitrogen and oxygen atoms in total. The monoisotopic (exact) mass is 238 g/mol. The molecule has 0 spiro atoms. The van der Waals surface area contributed by atoms with Crippen LogP contribution in [0, 0.1) is 0 Å². The van der Waals surface area contributed by atoms with Gasteiger partial charge in [-0.05, 0) is 16.7 Å².